The van der Waals surface area contributed by atoms with Gasteiger partial charge < -0.3 is 14.9 Å². The molecule has 3 heterocycles. The highest BCUT2D eigenvalue weighted by Crippen LogP contribution is 2.32. The minimum absolute atomic E-state index is 0.0670. The van der Waals surface area contributed by atoms with Crippen molar-refractivity contribution in [1.82, 2.24) is 19.9 Å². The summed E-state index contributed by atoms with van der Waals surface area (Å²) in [7, 11) is 0. The molecule has 0 aliphatic heterocycles. The van der Waals surface area contributed by atoms with Gasteiger partial charge in [-0.25, -0.2) is 4.98 Å². The minimum Gasteiger partial charge on any atom is -0.348 e. The number of carbonyl (C=O) groups excluding carboxylic acids is 1. The Kier molecular flexibility index (Phi) is 5.95. The van der Waals surface area contributed by atoms with Crippen LogP contribution in [0.25, 0.3) is 11.0 Å². The van der Waals surface area contributed by atoms with Crippen LogP contribution in [0.15, 0.2) is 59.5 Å². The summed E-state index contributed by atoms with van der Waals surface area (Å²) in [5.41, 5.74) is 5.49. The van der Waals surface area contributed by atoms with Crippen molar-refractivity contribution in [3.05, 3.63) is 98.7 Å². The van der Waals surface area contributed by atoms with Gasteiger partial charge >= 0.3 is 0 Å². The van der Waals surface area contributed by atoms with Crippen molar-refractivity contribution < 1.29 is 4.79 Å². The smallest absolute Gasteiger partial charge is 0.254 e. The first-order valence-electron chi connectivity index (χ1n) is 10.9. The first-order chi connectivity index (χ1) is 15.4. The molecule has 164 valence electrons. The molecule has 0 spiro atoms. The summed E-state index contributed by atoms with van der Waals surface area (Å²) in [6.07, 6.45) is 2.62. The number of nitrogens with zero attached hydrogens (tertiary/aromatic N) is 2. The molecule has 1 unspecified atom stereocenters. The van der Waals surface area contributed by atoms with Crippen molar-refractivity contribution in [2.45, 2.75) is 46.7 Å². The second-order valence-corrected chi connectivity index (χ2v) is 8.17. The molecule has 1 amide bonds. The van der Waals surface area contributed by atoms with E-state index in [0.717, 1.165) is 34.4 Å². The number of H-pyrrole nitrogens is 1. The predicted molar refractivity (Wildman–Crippen MR) is 127 cm³/mol. The molecule has 0 aliphatic rings. The Balaban J connectivity index is 1.75. The molecule has 4 aromatic rings. The molecule has 0 saturated heterocycles. The van der Waals surface area contributed by atoms with Gasteiger partial charge in [0.1, 0.15) is 5.65 Å². The monoisotopic (exact) mass is 428 g/mol. The van der Waals surface area contributed by atoms with Crippen LogP contribution in [0, 0.1) is 20.8 Å². The topological polar surface area (TPSA) is 79.8 Å². The maximum atomic E-state index is 13.3. The molecule has 0 saturated carbocycles. The average Bonchev–Trinajstić information content (AvgIpc) is 3.06. The van der Waals surface area contributed by atoms with Crippen LogP contribution in [0.2, 0.25) is 0 Å². The van der Waals surface area contributed by atoms with Gasteiger partial charge in [0.15, 0.2) is 0 Å². The van der Waals surface area contributed by atoms with E-state index < -0.39 is 0 Å². The van der Waals surface area contributed by atoms with Crippen LogP contribution in [0.3, 0.4) is 0 Å². The summed E-state index contributed by atoms with van der Waals surface area (Å²) < 4.78 is 2.16. The lowest BCUT2D eigenvalue weighted by atomic mass is 10.0. The number of aromatic nitrogens is 3. The van der Waals surface area contributed by atoms with Crippen molar-refractivity contribution in [1.29, 1.82) is 0 Å². The van der Waals surface area contributed by atoms with Crippen LogP contribution in [0.5, 0.6) is 0 Å². The Morgan fingerprint density at radius 3 is 2.56 bits per heavy atom. The SMILES string of the molecule is CCC(c1ccccc1)n1c(C)c(C(=O)NCc2c(C)cc(C)[nH]c2=O)c2cccnc21. The number of aryl methyl sites for hydroxylation is 2. The lowest BCUT2D eigenvalue weighted by Crippen LogP contribution is -2.28. The molecular formula is C26H28N4O2. The molecule has 1 atom stereocenters. The molecule has 2 N–H and O–H groups in total. The van der Waals surface area contributed by atoms with Crippen LogP contribution < -0.4 is 10.9 Å². The molecule has 0 radical (unpaired) electrons. The lowest BCUT2D eigenvalue weighted by Gasteiger charge is -2.20. The fraction of sp³-hybridized carbons (Fsp3) is 0.269. The van der Waals surface area contributed by atoms with E-state index in [1.54, 1.807) is 6.20 Å². The molecule has 6 heteroatoms. The third-order valence-corrected chi connectivity index (χ3v) is 6.04. The van der Waals surface area contributed by atoms with Crippen molar-refractivity contribution >= 4 is 16.9 Å². The number of aromatic amines is 1. The normalized spacial score (nSPS) is 12.1. The molecule has 6 nitrogen and oxygen atoms in total. The zero-order valence-corrected chi connectivity index (χ0v) is 18.9. The number of hydrogen-bond donors (Lipinski definition) is 2. The van der Waals surface area contributed by atoms with E-state index in [1.165, 1.54) is 5.56 Å². The van der Waals surface area contributed by atoms with Crippen LogP contribution >= 0.6 is 0 Å². The molecule has 3 aromatic heterocycles. The number of benzene rings is 1. The highest BCUT2D eigenvalue weighted by molar-refractivity contribution is 6.07. The summed E-state index contributed by atoms with van der Waals surface area (Å²) in [5.74, 6) is -0.207. The molecule has 0 bridgehead atoms. The Hall–Kier alpha value is -3.67. The number of pyridine rings is 2. The molecule has 4 rings (SSSR count). The zero-order valence-electron chi connectivity index (χ0n) is 18.9. The van der Waals surface area contributed by atoms with Gasteiger partial charge in [-0.05, 0) is 56.5 Å². The van der Waals surface area contributed by atoms with Crippen molar-refractivity contribution in [3.63, 3.8) is 0 Å². The molecule has 0 aliphatic carbocycles. The van der Waals surface area contributed by atoms with E-state index in [2.05, 4.69) is 38.9 Å². The summed E-state index contributed by atoms with van der Waals surface area (Å²) in [6.45, 7) is 8.00. The molecule has 32 heavy (non-hydrogen) atoms. The highest BCUT2D eigenvalue weighted by Gasteiger charge is 2.25. The summed E-state index contributed by atoms with van der Waals surface area (Å²) in [5, 5.41) is 3.77. The van der Waals surface area contributed by atoms with E-state index in [1.807, 2.05) is 57.2 Å². The maximum Gasteiger partial charge on any atom is 0.254 e. The number of hydrogen-bond acceptors (Lipinski definition) is 3. The number of fused-ring (bicyclic) bond motifs is 1. The second kappa shape index (κ2) is 8.83. The van der Waals surface area contributed by atoms with Crippen LogP contribution in [0.1, 0.15) is 57.8 Å². The third-order valence-electron chi connectivity index (χ3n) is 6.04. The molecular weight excluding hydrogens is 400 g/mol. The van der Waals surface area contributed by atoms with Gasteiger partial charge in [-0.15, -0.1) is 0 Å². The van der Waals surface area contributed by atoms with E-state index in [0.29, 0.717) is 11.1 Å². The van der Waals surface area contributed by atoms with Gasteiger partial charge in [-0.3, -0.25) is 9.59 Å². The highest BCUT2D eigenvalue weighted by atomic mass is 16.2. The Bertz CT molecular complexity index is 1340. The average molecular weight is 429 g/mol. The maximum absolute atomic E-state index is 13.3. The first-order valence-corrected chi connectivity index (χ1v) is 10.9. The standard InChI is InChI=1S/C26H28N4O2/c1-5-22(19-10-7-6-8-11-19)30-18(4)23(20-12-9-13-27-24(20)30)26(32)28-15-21-16(2)14-17(3)29-25(21)31/h6-14,22H,5,15H2,1-4H3,(H,28,32)(H,29,31). The summed E-state index contributed by atoms with van der Waals surface area (Å²) in [4.78, 5) is 33.1. The quantitative estimate of drug-likeness (QED) is 0.472. The van der Waals surface area contributed by atoms with Gasteiger partial charge in [0, 0.05) is 35.1 Å². The van der Waals surface area contributed by atoms with Gasteiger partial charge in [0.05, 0.1) is 11.6 Å². The van der Waals surface area contributed by atoms with Gasteiger partial charge in [0.2, 0.25) is 0 Å². The number of nitrogens with one attached hydrogen (secondary N) is 2. The van der Waals surface area contributed by atoms with Crippen molar-refractivity contribution in [2.24, 2.45) is 0 Å². The summed E-state index contributed by atoms with van der Waals surface area (Å²) in [6, 6.07) is 16.0. The number of rotatable bonds is 6. The van der Waals surface area contributed by atoms with E-state index in [4.69, 9.17) is 0 Å². The third kappa shape index (κ3) is 3.84. The Morgan fingerprint density at radius 1 is 1.12 bits per heavy atom. The fourth-order valence-electron chi connectivity index (χ4n) is 4.53. The number of carbonyl (C=O) groups is 1. The largest absolute Gasteiger partial charge is 0.348 e. The van der Waals surface area contributed by atoms with Crippen LogP contribution in [0.4, 0.5) is 0 Å². The molecule has 1 aromatic carbocycles. The van der Waals surface area contributed by atoms with Crippen molar-refractivity contribution in [3.8, 4) is 0 Å². The zero-order chi connectivity index (χ0) is 22.8. The van der Waals surface area contributed by atoms with E-state index in [9.17, 15) is 9.59 Å². The predicted octanol–water partition coefficient (Wildman–Crippen LogP) is 4.58. The van der Waals surface area contributed by atoms with Crippen molar-refractivity contribution in [2.75, 3.05) is 0 Å². The van der Waals surface area contributed by atoms with Gasteiger partial charge in [0.25, 0.3) is 11.5 Å². The minimum atomic E-state index is -0.207. The fourth-order valence-corrected chi connectivity index (χ4v) is 4.53. The van der Waals surface area contributed by atoms with E-state index in [-0.39, 0.29) is 24.1 Å². The number of amides is 1. The van der Waals surface area contributed by atoms with Crippen LogP contribution in [-0.4, -0.2) is 20.4 Å². The Labute approximate surface area is 187 Å². The molecule has 0 fully saturated rings. The van der Waals surface area contributed by atoms with E-state index >= 15 is 0 Å². The van der Waals surface area contributed by atoms with Gasteiger partial charge in [-0.2, -0.15) is 0 Å². The van der Waals surface area contributed by atoms with Crippen LogP contribution in [-0.2, 0) is 6.54 Å². The lowest BCUT2D eigenvalue weighted by molar-refractivity contribution is 0.0951. The summed E-state index contributed by atoms with van der Waals surface area (Å²) >= 11 is 0. The Morgan fingerprint density at radius 2 is 1.88 bits per heavy atom. The first kappa shape index (κ1) is 21.6. The second-order valence-electron chi connectivity index (χ2n) is 8.17. The van der Waals surface area contributed by atoms with Gasteiger partial charge in [-0.1, -0.05) is 37.3 Å².